The number of nitrogens with zero attached hydrogens (tertiary/aromatic N) is 3. The molecule has 1 fully saturated rings. The fourth-order valence-corrected chi connectivity index (χ4v) is 6.71. The molecular formula is C40H59N3O. The van der Waals surface area contributed by atoms with E-state index in [1.54, 1.807) is 0 Å². The van der Waals surface area contributed by atoms with Gasteiger partial charge in [-0.1, -0.05) is 81.8 Å². The first-order valence-corrected chi connectivity index (χ1v) is 17.6. The molecule has 0 spiro atoms. The van der Waals surface area contributed by atoms with Crippen molar-refractivity contribution in [3.63, 3.8) is 0 Å². The second kappa shape index (κ2) is 17.7. The van der Waals surface area contributed by atoms with Gasteiger partial charge in [0.15, 0.2) is 0 Å². The molecule has 1 heterocycles. The van der Waals surface area contributed by atoms with Gasteiger partial charge in [0.25, 0.3) is 0 Å². The fourth-order valence-electron chi connectivity index (χ4n) is 6.71. The van der Waals surface area contributed by atoms with Gasteiger partial charge in [0.2, 0.25) is 0 Å². The first-order chi connectivity index (χ1) is 21.4. The maximum atomic E-state index is 12.4. The van der Waals surface area contributed by atoms with Crippen molar-refractivity contribution in [1.29, 1.82) is 0 Å². The summed E-state index contributed by atoms with van der Waals surface area (Å²) in [5, 5.41) is 0. The highest BCUT2D eigenvalue weighted by Crippen LogP contribution is 2.36. The summed E-state index contributed by atoms with van der Waals surface area (Å²) in [5.41, 5.74) is 8.34. The summed E-state index contributed by atoms with van der Waals surface area (Å²) < 4.78 is 0. The number of hydrogen-bond donors (Lipinski definition) is 0. The summed E-state index contributed by atoms with van der Waals surface area (Å²) in [5.74, 6) is 1.48. The summed E-state index contributed by atoms with van der Waals surface area (Å²) >= 11 is 0. The van der Waals surface area contributed by atoms with E-state index in [-0.39, 0.29) is 0 Å². The quantitative estimate of drug-likeness (QED) is 0.181. The Hall–Kier alpha value is -2.69. The van der Waals surface area contributed by atoms with Crippen LogP contribution < -0.4 is 4.90 Å². The molecule has 4 heteroatoms. The average Bonchev–Trinajstić information content (AvgIpc) is 3.04. The second-order valence-electron chi connectivity index (χ2n) is 13.5. The summed E-state index contributed by atoms with van der Waals surface area (Å²) in [6.07, 6.45) is 16.0. The molecule has 0 saturated carbocycles. The van der Waals surface area contributed by atoms with E-state index in [4.69, 9.17) is 0 Å². The lowest BCUT2D eigenvalue weighted by molar-refractivity contribution is -0.119. The molecular weight excluding hydrogens is 538 g/mol. The maximum absolute atomic E-state index is 12.4. The Morgan fingerprint density at radius 3 is 2.25 bits per heavy atom. The van der Waals surface area contributed by atoms with Crippen LogP contribution in [0.15, 0.2) is 66.3 Å². The molecule has 2 aliphatic rings. The summed E-state index contributed by atoms with van der Waals surface area (Å²) in [6, 6.07) is 16.1. The van der Waals surface area contributed by atoms with Crippen LogP contribution in [-0.4, -0.2) is 61.4 Å². The van der Waals surface area contributed by atoms with Crippen molar-refractivity contribution in [1.82, 2.24) is 9.80 Å². The molecule has 1 aliphatic heterocycles. The first-order valence-electron chi connectivity index (χ1n) is 17.6. The van der Waals surface area contributed by atoms with Crippen LogP contribution >= 0.6 is 0 Å². The molecule has 2 aromatic carbocycles. The lowest BCUT2D eigenvalue weighted by Crippen LogP contribution is -2.47. The molecule has 4 nitrogen and oxygen atoms in total. The van der Waals surface area contributed by atoms with Crippen LogP contribution in [0.1, 0.15) is 114 Å². The zero-order valence-corrected chi connectivity index (χ0v) is 28.5. The van der Waals surface area contributed by atoms with Crippen LogP contribution in [0.25, 0.3) is 0 Å². The summed E-state index contributed by atoms with van der Waals surface area (Å²) in [6.45, 7) is 19.2. The molecule has 2 aromatic rings. The molecule has 1 aliphatic carbocycles. The van der Waals surface area contributed by atoms with Gasteiger partial charge < -0.3 is 14.7 Å². The van der Waals surface area contributed by atoms with E-state index in [1.165, 1.54) is 33.6 Å². The normalized spacial score (nSPS) is 16.7. The van der Waals surface area contributed by atoms with Gasteiger partial charge in [-0.05, 0) is 106 Å². The Labute approximate surface area is 269 Å². The third kappa shape index (κ3) is 10.2. The van der Waals surface area contributed by atoms with E-state index < -0.39 is 0 Å². The number of benzene rings is 2. The number of para-hydroxylation sites is 1. The molecule has 4 rings (SSSR count). The van der Waals surface area contributed by atoms with Gasteiger partial charge in [-0.25, -0.2) is 0 Å². The number of Topliss-reactive ketones (excluding diaryl/α,β-unsaturated/α-hetero) is 1. The van der Waals surface area contributed by atoms with Crippen LogP contribution in [-0.2, 0) is 4.79 Å². The monoisotopic (exact) mass is 597 g/mol. The van der Waals surface area contributed by atoms with Crippen molar-refractivity contribution in [3.05, 3.63) is 83.0 Å². The van der Waals surface area contributed by atoms with E-state index in [1.807, 2.05) is 0 Å². The molecule has 0 bridgehead atoms. The predicted octanol–water partition coefficient (Wildman–Crippen LogP) is 9.57. The van der Waals surface area contributed by atoms with Gasteiger partial charge in [-0.3, -0.25) is 4.79 Å². The highest BCUT2D eigenvalue weighted by Gasteiger charge is 2.20. The van der Waals surface area contributed by atoms with Crippen molar-refractivity contribution in [3.8, 4) is 0 Å². The molecule has 44 heavy (non-hydrogen) atoms. The van der Waals surface area contributed by atoms with E-state index in [9.17, 15) is 4.79 Å². The lowest BCUT2D eigenvalue weighted by atomic mass is 9.95. The van der Waals surface area contributed by atoms with Gasteiger partial charge in [0.1, 0.15) is 5.78 Å². The average molecular weight is 598 g/mol. The predicted molar refractivity (Wildman–Crippen MR) is 189 cm³/mol. The van der Waals surface area contributed by atoms with E-state index in [0.717, 1.165) is 104 Å². The maximum Gasteiger partial charge on any atom is 0.132 e. The molecule has 0 amide bonds. The van der Waals surface area contributed by atoms with Crippen molar-refractivity contribution in [2.45, 2.75) is 104 Å². The Morgan fingerprint density at radius 2 is 1.57 bits per heavy atom. The number of anilines is 2. The molecule has 0 aromatic heterocycles. The van der Waals surface area contributed by atoms with Crippen LogP contribution in [0.2, 0.25) is 0 Å². The standard InChI is InChI=1S/C40H59N3O/c1-6-33(4)36-23-22-34(5)40(31-36)43(39-21-11-10-20-38(39)32(2)3)26-14-25-42-29-27-41(28-30-42)24-13-19-37(44)18-12-17-35-15-8-7-9-16-35/h8,10-11,15-16,20-23,31-33H,6-7,9,12-14,17-19,24-30H2,1-5H3. The van der Waals surface area contributed by atoms with E-state index in [0.29, 0.717) is 17.6 Å². The van der Waals surface area contributed by atoms with Crippen molar-refractivity contribution >= 4 is 17.2 Å². The van der Waals surface area contributed by atoms with Gasteiger partial charge in [0, 0.05) is 56.9 Å². The zero-order valence-electron chi connectivity index (χ0n) is 28.5. The minimum Gasteiger partial charge on any atom is -0.341 e. The molecule has 0 radical (unpaired) electrons. The van der Waals surface area contributed by atoms with Crippen molar-refractivity contribution < 1.29 is 4.79 Å². The Kier molecular flexibility index (Phi) is 13.8. The van der Waals surface area contributed by atoms with E-state index >= 15 is 0 Å². The van der Waals surface area contributed by atoms with Crippen molar-refractivity contribution in [2.75, 3.05) is 50.7 Å². The topological polar surface area (TPSA) is 26.8 Å². The SMILES string of the molecule is CCC(C)c1ccc(C)c(N(CCCN2CCN(CCCC(=O)CCCC3=CCCC=C3)CC2)c2ccccc2C(C)C)c1. The number of ketones is 1. The minimum absolute atomic E-state index is 0.442. The number of allylic oxidation sites excluding steroid dienone is 4. The number of carbonyl (C=O) groups excluding carboxylic acids is 1. The molecule has 240 valence electrons. The summed E-state index contributed by atoms with van der Waals surface area (Å²) in [7, 11) is 0. The fraction of sp³-hybridized carbons (Fsp3) is 0.575. The smallest absolute Gasteiger partial charge is 0.132 e. The van der Waals surface area contributed by atoms with E-state index in [2.05, 4.69) is 110 Å². The Balaban J connectivity index is 1.25. The third-order valence-corrected chi connectivity index (χ3v) is 9.80. The molecule has 1 atom stereocenters. The minimum atomic E-state index is 0.442. The molecule has 1 unspecified atom stereocenters. The number of carbonyl (C=O) groups is 1. The first kappa shape index (κ1) is 34.2. The van der Waals surface area contributed by atoms with Crippen LogP contribution in [0.4, 0.5) is 11.4 Å². The van der Waals surface area contributed by atoms with Crippen LogP contribution in [0, 0.1) is 6.92 Å². The van der Waals surface area contributed by atoms with Gasteiger partial charge in [-0.15, -0.1) is 0 Å². The molecule has 1 saturated heterocycles. The Bertz CT molecular complexity index is 1240. The third-order valence-electron chi connectivity index (χ3n) is 9.80. The van der Waals surface area contributed by atoms with Gasteiger partial charge in [0.05, 0.1) is 0 Å². The largest absolute Gasteiger partial charge is 0.341 e. The van der Waals surface area contributed by atoms with Gasteiger partial charge >= 0.3 is 0 Å². The number of aryl methyl sites for hydroxylation is 1. The highest BCUT2D eigenvalue weighted by atomic mass is 16.1. The van der Waals surface area contributed by atoms with Crippen molar-refractivity contribution in [2.24, 2.45) is 0 Å². The number of piperazine rings is 1. The second-order valence-corrected chi connectivity index (χ2v) is 13.5. The van der Waals surface area contributed by atoms with Crippen LogP contribution in [0.5, 0.6) is 0 Å². The molecule has 0 N–H and O–H groups in total. The number of hydrogen-bond acceptors (Lipinski definition) is 4. The van der Waals surface area contributed by atoms with Crippen LogP contribution in [0.3, 0.4) is 0 Å². The zero-order chi connectivity index (χ0) is 31.3. The Morgan fingerprint density at radius 1 is 0.864 bits per heavy atom. The lowest BCUT2D eigenvalue weighted by Gasteiger charge is -2.36. The number of rotatable bonds is 17. The summed E-state index contributed by atoms with van der Waals surface area (Å²) in [4.78, 5) is 20.2. The van der Waals surface area contributed by atoms with Gasteiger partial charge in [-0.2, -0.15) is 0 Å². The highest BCUT2D eigenvalue weighted by molar-refractivity contribution is 5.78.